The molecule has 2 aromatic carbocycles. The van der Waals surface area contributed by atoms with Crippen LogP contribution >= 0.6 is 11.6 Å². The molecule has 0 radical (unpaired) electrons. The van der Waals surface area contributed by atoms with E-state index in [9.17, 15) is 31.1 Å². The number of rotatable bonds is 3. The van der Waals surface area contributed by atoms with Crippen molar-refractivity contribution in [2.45, 2.75) is 24.7 Å². The Hall–Kier alpha value is -2.42. The highest BCUT2D eigenvalue weighted by molar-refractivity contribution is 6.30. The Morgan fingerprint density at radius 2 is 1.50 bits per heavy atom. The summed E-state index contributed by atoms with van der Waals surface area (Å²) in [5.74, 6) is -0.556. The van der Waals surface area contributed by atoms with Gasteiger partial charge in [0.15, 0.2) is 0 Å². The second-order valence-electron chi connectivity index (χ2n) is 8.04. The first-order valence-corrected chi connectivity index (χ1v) is 10.4. The highest BCUT2D eigenvalue weighted by Gasteiger charge is 2.46. The van der Waals surface area contributed by atoms with Gasteiger partial charge >= 0.3 is 12.4 Å². The Morgan fingerprint density at radius 1 is 0.875 bits per heavy atom. The summed E-state index contributed by atoms with van der Waals surface area (Å²) in [6.45, 7) is 0.984. The number of halogens is 7. The largest absolute Gasteiger partial charge is 0.418 e. The van der Waals surface area contributed by atoms with Crippen LogP contribution in [0.4, 0.5) is 32.0 Å². The number of hydrogen-bond acceptors (Lipinski definition) is 2. The molecule has 3 nitrogen and oxygen atoms in total. The molecule has 1 saturated heterocycles. The van der Waals surface area contributed by atoms with Gasteiger partial charge in [-0.15, -0.1) is 0 Å². The van der Waals surface area contributed by atoms with Gasteiger partial charge in [-0.2, -0.15) is 26.3 Å². The molecule has 32 heavy (non-hydrogen) atoms. The van der Waals surface area contributed by atoms with Crippen molar-refractivity contribution >= 4 is 23.2 Å². The standard InChI is InChI=1S/C22H19ClF6N2O/c23-15-5-6-18(22(27,28)29)19(11-15)30-7-9-31(10-8-30)20(32)17-12-16(17)13-1-3-14(4-2-13)21(24,25)26/h1-6,11,16-17H,7-10,12H2/t16-,17?/m0/s1. The molecule has 2 fully saturated rings. The van der Waals surface area contributed by atoms with E-state index in [1.165, 1.54) is 24.3 Å². The monoisotopic (exact) mass is 476 g/mol. The van der Waals surface area contributed by atoms with Gasteiger partial charge in [-0.25, -0.2) is 0 Å². The van der Waals surface area contributed by atoms with E-state index in [0.29, 0.717) is 12.0 Å². The van der Waals surface area contributed by atoms with Crippen molar-refractivity contribution in [2.75, 3.05) is 31.1 Å². The Kier molecular flexibility index (Phi) is 5.81. The van der Waals surface area contributed by atoms with E-state index in [1.807, 2.05) is 0 Å². The lowest BCUT2D eigenvalue weighted by atomic mass is 10.1. The Labute approximate surface area is 185 Å². The molecule has 1 heterocycles. The van der Waals surface area contributed by atoms with E-state index in [4.69, 9.17) is 11.6 Å². The molecule has 172 valence electrons. The number of amides is 1. The SMILES string of the molecule is O=C(C1C[C@H]1c1ccc(C(F)(F)F)cc1)N1CCN(c2cc(Cl)ccc2C(F)(F)F)CC1. The predicted molar refractivity (Wildman–Crippen MR) is 108 cm³/mol. The van der Waals surface area contributed by atoms with Crippen LogP contribution in [0, 0.1) is 5.92 Å². The fourth-order valence-corrected chi connectivity index (χ4v) is 4.33. The van der Waals surface area contributed by atoms with Crippen LogP contribution in [0.2, 0.25) is 5.02 Å². The van der Waals surface area contributed by atoms with Gasteiger partial charge in [0.25, 0.3) is 0 Å². The topological polar surface area (TPSA) is 23.6 Å². The lowest BCUT2D eigenvalue weighted by molar-refractivity contribution is -0.138. The van der Waals surface area contributed by atoms with E-state index < -0.39 is 23.5 Å². The van der Waals surface area contributed by atoms with Crippen molar-refractivity contribution < 1.29 is 31.1 Å². The molecular weight excluding hydrogens is 458 g/mol. The molecule has 0 spiro atoms. The number of carbonyl (C=O) groups is 1. The lowest BCUT2D eigenvalue weighted by Crippen LogP contribution is -2.49. The number of alkyl halides is 6. The third kappa shape index (κ3) is 4.67. The second-order valence-corrected chi connectivity index (χ2v) is 8.48. The number of benzene rings is 2. The van der Waals surface area contributed by atoms with Crippen molar-refractivity contribution in [3.05, 3.63) is 64.2 Å². The minimum atomic E-state index is -4.52. The predicted octanol–water partition coefficient (Wildman–Crippen LogP) is 5.83. The van der Waals surface area contributed by atoms with Gasteiger partial charge in [0, 0.05) is 37.1 Å². The van der Waals surface area contributed by atoms with Crippen molar-refractivity contribution in [1.29, 1.82) is 0 Å². The van der Waals surface area contributed by atoms with Crippen LogP contribution in [0.1, 0.15) is 29.0 Å². The lowest BCUT2D eigenvalue weighted by Gasteiger charge is -2.37. The fraction of sp³-hybridized carbons (Fsp3) is 0.409. The fourth-order valence-electron chi connectivity index (χ4n) is 4.16. The average Bonchev–Trinajstić information content (AvgIpc) is 3.53. The van der Waals surface area contributed by atoms with Crippen LogP contribution < -0.4 is 4.90 Å². The quantitative estimate of drug-likeness (QED) is 0.520. The molecule has 1 saturated carbocycles. The molecule has 10 heteroatoms. The van der Waals surface area contributed by atoms with Crippen LogP contribution in [0.3, 0.4) is 0 Å². The average molecular weight is 477 g/mol. The smallest absolute Gasteiger partial charge is 0.367 e. The van der Waals surface area contributed by atoms with E-state index in [1.54, 1.807) is 9.80 Å². The zero-order valence-corrected chi connectivity index (χ0v) is 17.4. The van der Waals surface area contributed by atoms with Crippen molar-refractivity contribution in [1.82, 2.24) is 4.90 Å². The molecule has 1 amide bonds. The zero-order valence-electron chi connectivity index (χ0n) is 16.7. The van der Waals surface area contributed by atoms with Gasteiger partial charge < -0.3 is 9.80 Å². The number of carbonyl (C=O) groups excluding carboxylic acids is 1. The first-order chi connectivity index (χ1) is 14.9. The van der Waals surface area contributed by atoms with E-state index >= 15 is 0 Å². The number of piperazine rings is 1. The normalized spacial score (nSPS) is 21.6. The van der Waals surface area contributed by atoms with Gasteiger partial charge in [0.2, 0.25) is 5.91 Å². The summed E-state index contributed by atoms with van der Waals surface area (Å²) in [5.41, 5.74) is -0.832. The maximum atomic E-state index is 13.4. The van der Waals surface area contributed by atoms with Crippen molar-refractivity contribution in [3.63, 3.8) is 0 Å². The Morgan fingerprint density at radius 3 is 2.06 bits per heavy atom. The molecule has 1 aliphatic heterocycles. The molecule has 4 rings (SSSR count). The third-order valence-corrected chi connectivity index (χ3v) is 6.21. The van der Waals surface area contributed by atoms with Gasteiger partial charge in [-0.3, -0.25) is 4.79 Å². The summed E-state index contributed by atoms with van der Waals surface area (Å²) < 4.78 is 78.2. The van der Waals surface area contributed by atoms with Crippen molar-refractivity contribution in [3.8, 4) is 0 Å². The highest BCUT2D eigenvalue weighted by atomic mass is 35.5. The summed E-state index contributed by atoms with van der Waals surface area (Å²) in [6.07, 6.45) is -8.38. The van der Waals surface area contributed by atoms with Gasteiger partial charge in [0.1, 0.15) is 0 Å². The summed E-state index contributed by atoms with van der Waals surface area (Å²) in [5, 5.41) is 0.198. The molecule has 0 bridgehead atoms. The molecule has 1 aliphatic carbocycles. The van der Waals surface area contributed by atoms with Crippen LogP contribution in [0.15, 0.2) is 42.5 Å². The minimum absolute atomic E-state index is 0.00819. The van der Waals surface area contributed by atoms with Gasteiger partial charge in [-0.1, -0.05) is 23.7 Å². The van der Waals surface area contributed by atoms with Crippen molar-refractivity contribution in [2.24, 2.45) is 5.92 Å². The third-order valence-electron chi connectivity index (χ3n) is 5.97. The van der Waals surface area contributed by atoms with Gasteiger partial charge in [0.05, 0.1) is 16.8 Å². The minimum Gasteiger partial charge on any atom is -0.367 e. The van der Waals surface area contributed by atoms with E-state index in [0.717, 1.165) is 18.2 Å². The van der Waals surface area contributed by atoms with Gasteiger partial charge in [-0.05, 0) is 48.2 Å². The molecule has 2 atom stereocenters. The summed E-state index contributed by atoms with van der Waals surface area (Å²) in [7, 11) is 0. The summed E-state index contributed by atoms with van der Waals surface area (Å²) in [4.78, 5) is 16.0. The number of hydrogen-bond donors (Lipinski definition) is 0. The molecular formula is C22H19ClF6N2O. The van der Waals surface area contributed by atoms with Crippen LogP contribution in [-0.4, -0.2) is 37.0 Å². The molecule has 0 aromatic heterocycles. The number of anilines is 1. The molecule has 1 unspecified atom stereocenters. The van der Waals surface area contributed by atoms with E-state index in [2.05, 4.69) is 0 Å². The van der Waals surface area contributed by atoms with Crippen LogP contribution in [-0.2, 0) is 17.1 Å². The maximum absolute atomic E-state index is 13.4. The zero-order chi connectivity index (χ0) is 23.3. The molecule has 2 aromatic rings. The Bertz CT molecular complexity index is 997. The van der Waals surface area contributed by atoms with Crippen LogP contribution in [0.25, 0.3) is 0 Å². The van der Waals surface area contributed by atoms with E-state index in [-0.39, 0.29) is 54.6 Å². The molecule has 2 aliphatic rings. The first kappa shape index (κ1) is 22.8. The molecule has 0 N–H and O–H groups in total. The Balaban J connectivity index is 1.38. The highest BCUT2D eigenvalue weighted by Crippen LogP contribution is 2.49. The van der Waals surface area contributed by atoms with Crippen LogP contribution in [0.5, 0.6) is 0 Å². The first-order valence-electron chi connectivity index (χ1n) is 10.0. The maximum Gasteiger partial charge on any atom is 0.418 e. The summed E-state index contributed by atoms with van der Waals surface area (Å²) >= 11 is 5.90. The number of nitrogens with zero attached hydrogens (tertiary/aromatic N) is 2. The second kappa shape index (κ2) is 8.17. The summed E-state index contributed by atoms with van der Waals surface area (Å²) in [6, 6.07) is 8.25.